The highest BCUT2D eigenvalue weighted by Gasteiger charge is 2.41. The smallest absolute Gasteiger partial charge is 0.159 e. The van der Waals surface area contributed by atoms with E-state index in [-0.39, 0.29) is 23.1 Å². The Morgan fingerprint density at radius 2 is 1.97 bits per heavy atom. The zero-order valence-electron chi connectivity index (χ0n) is 17.4. The highest BCUT2D eigenvalue weighted by molar-refractivity contribution is 7.91. The molecule has 3 aliphatic rings. The van der Waals surface area contributed by atoms with Crippen molar-refractivity contribution in [3.05, 3.63) is 18.0 Å². The van der Waals surface area contributed by atoms with Crippen molar-refractivity contribution in [3.63, 3.8) is 0 Å². The Hall–Kier alpha value is -2.16. The Bertz CT molecular complexity index is 1070. The first-order chi connectivity index (χ1) is 14.5. The van der Waals surface area contributed by atoms with Crippen molar-refractivity contribution in [1.29, 1.82) is 0 Å². The van der Waals surface area contributed by atoms with Crippen LogP contribution >= 0.6 is 0 Å². The molecule has 0 aromatic carbocycles. The van der Waals surface area contributed by atoms with Crippen LogP contribution in [-0.2, 0) is 21.2 Å². The molecule has 0 unspecified atom stereocenters. The molecule has 0 amide bonds. The van der Waals surface area contributed by atoms with E-state index in [1.165, 1.54) is 19.3 Å². The number of nitrogens with one attached hydrogen (secondary N) is 1. The lowest BCUT2D eigenvalue weighted by atomic mass is 9.81. The second-order valence-electron chi connectivity index (χ2n) is 8.86. The van der Waals surface area contributed by atoms with Crippen molar-refractivity contribution in [2.45, 2.75) is 76.5 Å². The van der Waals surface area contributed by atoms with Gasteiger partial charge in [0.05, 0.1) is 34.5 Å². The summed E-state index contributed by atoms with van der Waals surface area (Å²) in [7, 11) is -2.91. The van der Waals surface area contributed by atoms with E-state index in [2.05, 4.69) is 15.6 Å². The number of aryl methyl sites for hydroxylation is 1. The zero-order chi connectivity index (χ0) is 20.8. The van der Waals surface area contributed by atoms with Crippen LogP contribution in [0.2, 0.25) is 0 Å². The number of hydrogen-bond donors (Lipinski definition) is 1. The summed E-state index contributed by atoms with van der Waals surface area (Å²) in [4.78, 5) is 10.7. The van der Waals surface area contributed by atoms with Crippen LogP contribution in [0.25, 0.3) is 11.0 Å². The summed E-state index contributed by atoms with van der Waals surface area (Å²) >= 11 is 0. The molecule has 5 rings (SSSR count). The van der Waals surface area contributed by atoms with Gasteiger partial charge in [0.1, 0.15) is 15.4 Å². The molecule has 1 saturated heterocycles. The van der Waals surface area contributed by atoms with Gasteiger partial charge < -0.3 is 10.2 Å². The van der Waals surface area contributed by atoms with Gasteiger partial charge in [-0.1, -0.05) is 11.6 Å². The zero-order valence-corrected chi connectivity index (χ0v) is 18.2. The second-order valence-corrected chi connectivity index (χ2v) is 11.2. The summed E-state index contributed by atoms with van der Waals surface area (Å²) in [6.45, 7) is 2.78. The fraction of sp³-hybridized carbons (Fsp3) is 0.667. The number of anilines is 1. The molecule has 1 aliphatic carbocycles. The van der Waals surface area contributed by atoms with Gasteiger partial charge in [0, 0.05) is 30.8 Å². The molecule has 0 radical (unpaired) electrons. The summed E-state index contributed by atoms with van der Waals surface area (Å²) in [5, 5.41) is 13.6. The van der Waals surface area contributed by atoms with Gasteiger partial charge in [-0.25, -0.2) is 18.1 Å². The Labute approximate surface area is 177 Å². The van der Waals surface area contributed by atoms with Crippen LogP contribution < -0.4 is 5.32 Å². The van der Waals surface area contributed by atoms with Crippen LogP contribution in [0.3, 0.4) is 0 Å². The lowest BCUT2D eigenvalue weighted by Crippen LogP contribution is -2.33. The Kier molecular flexibility index (Phi) is 4.95. The third-order valence-corrected chi connectivity index (χ3v) is 8.50. The SMILES string of the molecule is CCn1ncc2c(NC3CCS(=O)(=O)CC3)c(C3=NOC4(CCCCC4)C3)cnc21. The minimum atomic E-state index is -2.91. The number of aromatic nitrogens is 3. The van der Waals surface area contributed by atoms with Gasteiger partial charge in [-0.3, -0.25) is 0 Å². The summed E-state index contributed by atoms with van der Waals surface area (Å²) in [6, 6.07) is 0.106. The van der Waals surface area contributed by atoms with Crippen LogP contribution in [0, 0.1) is 0 Å². The minimum Gasteiger partial charge on any atom is -0.389 e. The van der Waals surface area contributed by atoms with Gasteiger partial charge in [-0.05, 0) is 45.4 Å². The predicted octanol–water partition coefficient (Wildman–Crippen LogP) is 3.27. The van der Waals surface area contributed by atoms with E-state index in [0.717, 1.165) is 53.8 Å². The predicted molar refractivity (Wildman–Crippen MR) is 117 cm³/mol. The van der Waals surface area contributed by atoms with Crippen LogP contribution in [0.15, 0.2) is 17.5 Å². The third kappa shape index (κ3) is 3.57. The molecule has 1 saturated carbocycles. The number of sulfone groups is 1. The normalized spacial score (nSPS) is 23.4. The van der Waals surface area contributed by atoms with Gasteiger partial charge in [0.25, 0.3) is 0 Å². The standard InChI is InChI=1S/C21H29N5O3S/c1-2-26-20-17(14-23-26)19(24-15-6-10-30(27,28)11-7-15)16(13-22-20)18-12-21(29-25-18)8-4-3-5-9-21/h13-15H,2-12H2,1H3,(H,22,24). The summed E-state index contributed by atoms with van der Waals surface area (Å²) in [6.07, 6.45) is 11.5. The van der Waals surface area contributed by atoms with Gasteiger partial charge in [0.15, 0.2) is 5.65 Å². The quantitative estimate of drug-likeness (QED) is 0.798. The van der Waals surface area contributed by atoms with Crippen LogP contribution in [-0.4, -0.2) is 52.0 Å². The van der Waals surface area contributed by atoms with Crippen LogP contribution in [0.1, 0.15) is 63.9 Å². The van der Waals surface area contributed by atoms with Crippen LogP contribution in [0.5, 0.6) is 0 Å². The number of nitrogens with zero attached hydrogens (tertiary/aromatic N) is 4. The largest absolute Gasteiger partial charge is 0.389 e. The second kappa shape index (κ2) is 7.51. The molecule has 2 fully saturated rings. The van der Waals surface area contributed by atoms with E-state index < -0.39 is 9.84 Å². The first-order valence-corrected chi connectivity index (χ1v) is 12.9. The Balaban J connectivity index is 1.49. The highest BCUT2D eigenvalue weighted by Crippen LogP contribution is 2.41. The summed E-state index contributed by atoms with van der Waals surface area (Å²) < 4.78 is 25.6. The fourth-order valence-electron chi connectivity index (χ4n) is 5.00. The first-order valence-electron chi connectivity index (χ1n) is 11.1. The monoisotopic (exact) mass is 431 g/mol. The van der Waals surface area contributed by atoms with E-state index in [9.17, 15) is 8.42 Å². The van der Waals surface area contributed by atoms with E-state index in [1.54, 1.807) is 0 Å². The van der Waals surface area contributed by atoms with E-state index in [0.29, 0.717) is 12.8 Å². The number of hydrogen-bond acceptors (Lipinski definition) is 7. The summed E-state index contributed by atoms with van der Waals surface area (Å²) in [5.41, 5.74) is 3.51. The van der Waals surface area contributed by atoms with Crippen LogP contribution in [0.4, 0.5) is 5.69 Å². The molecular weight excluding hydrogens is 402 g/mol. The molecule has 8 nitrogen and oxygen atoms in total. The lowest BCUT2D eigenvalue weighted by molar-refractivity contribution is -0.0449. The topological polar surface area (TPSA) is 98.5 Å². The van der Waals surface area contributed by atoms with Crippen molar-refractivity contribution in [1.82, 2.24) is 14.8 Å². The minimum absolute atomic E-state index is 0.106. The number of pyridine rings is 1. The molecule has 30 heavy (non-hydrogen) atoms. The highest BCUT2D eigenvalue weighted by atomic mass is 32.2. The molecule has 162 valence electrons. The molecule has 1 spiro atoms. The average molecular weight is 432 g/mol. The maximum atomic E-state index is 11.9. The van der Waals surface area contributed by atoms with Crippen molar-refractivity contribution < 1.29 is 13.3 Å². The molecule has 2 aliphatic heterocycles. The van der Waals surface area contributed by atoms with Crippen molar-refractivity contribution in [3.8, 4) is 0 Å². The maximum Gasteiger partial charge on any atom is 0.159 e. The Morgan fingerprint density at radius 3 is 2.70 bits per heavy atom. The third-order valence-electron chi connectivity index (χ3n) is 6.78. The van der Waals surface area contributed by atoms with Gasteiger partial charge in [-0.2, -0.15) is 5.10 Å². The number of rotatable bonds is 4. The fourth-order valence-corrected chi connectivity index (χ4v) is 6.49. The molecule has 2 aromatic heterocycles. The molecule has 2 aromatic rings. The molecule has 4 heterocycles. The molecule has 0 bridgehead atoms. The van der Waals surface area contributed by atoms with E-state index in [4.69, 9.17) is 9.82 Å². The number of oxime groups is 1. The summed E-state index contributed by atoms with van der Waals surface area (Å²) in [5.74, 6) is 0.464. The Morgan fingerprint density at radius 1 is 1.20 bits per heavy atom. The lowest BCUT2D eigenvalue weighted by Gasteiger charge is -2.30. The first kappa shape index (κ1) is 19.8. The van der Waals surface area contributed by atoms with E-state index >= 15 is 0 Å². The van der Waals surface area contributed by atoms with Crippen molar-refractivity contribution in [2.75, 3.05) is 16.8 Å². The van der Waals surface area contributed by atoms with Crippen molar-refractivity contribution >= 4 is 32.3 Å². The number of fused-ring (bicyclic) bond motifs is 1. The van der Waals surface area contributed by atoms with Crippen molar-refractivity contribution in [2.24, 2.45) is 5.16 Å². The average Bonchev–Trinajstić information content (AvgIpc) is 3.35. The van der Waals surface area contributed by atoms with Gasteiger partial charge in [0.2, 0.25) is 0 Å². The molecule has 1 N–H and O–H groups in total. The molecule has 9 heteroatoms. The molecule has 0 atom stereocenters. The maximum absolute atomic E-state index is 11.9. The van der Waals surface area contributed by atoms with Gasteiger partial charge >= 0.3 is 0 Å². The van der Waals surface area contributed by atoms with Gasteiger partial charge in [-0.15, -0.1) is 0 Å². The molecular formula is C21H29N5O3S. The van der Waals surface area contributed by atoms with E-state index in [1.807, 2.05) is 24.0 Å².